The number of amides is 2. The van der Waals surface area contributed by atoms with Crippen LogP contribution in [0.5, 0.6) is 0 Å². The lowest BCUT2D eigenvalue weighted by Crippen LogP contribution is -2.51. The molecule has 22 heavy (non-hydrogen) atoms. The molecule has 2 atom stereocenters. The Morgan fingerprint density at radius 3 is 2.77 bits per heavy atom. The van der Waals surface area contributed by atoms with E-state index < -0.39 is 6.04 Å². The summed E-state index contributed by atoms with van der Waals surface area (Å²) < 4.78 is 0. The van der Waals surface area contributed by atoms with Crippen molar-refractivity contribution in [3.05, 3.63) is 36.2 Å². The van der Waals surface area contributed by atoms with Crippen LogP contribution in [0.4, 0.5) is 0 Å². The lowest BCUT2D eigenvalue weighted by molar-refractivity contribution is -0.138. The van der Waals surface area contributed by atoms with Gasteiger partial charge in [-0.05, 0) is 56.9 Å². The van der Waals surface area contributed by atoms with Gasteiger partial charge >= 0.3 is 0 Å². The molecule has 1 aliphatic heterocycles. The number of nitrogens with one attached hydrogen (secondary N) is 1. The summed E-state index contributed by atoms with van der Waals surface area (Å²) in [6, 6.07) is 3.38. The van der Waals surface area contributed by atoms with Crippen LogP contribution < -0.4 is 5.32 Å². The number of carbonyl (C=O) groups is 2. The Labute approximate surface area is 131 Å². The van der Waals surface area contributed by atoms with Crippen molar-refractivity contribution < 1.29 is 9.59 Å². The van der Waals surface area contributed by atoms with Crippen molar-refractivity contribution >= 4 is 17.9 Å². The molecule has 0 aliphatic carbocycles. The SMILES string of the molecule is C[C@@H](NC(=O)/C=C/c1ccncc1)C(=O)N1CCCC[C@@H]1C. The van der Waals surface area contributed by atoms with Crippen LogP contribution in [0.3, 0.4) is 0 Å². The Hall–Kier alpha value is -2.17. The molecule has 118 valence electrons. The number of hydrogen-bond donors (Lipinski definition) is 1. The van der Waals surface area contributed by atoms with E-state index in [1.54, 1.807) is 25.4 Å². The van der Waals surface area contributed by atoms with E-state index in [0.29, 0.717) is 0 Å². The Morgan fingerprint density at radius 2 is 2.09 bits per heavy atom. The van der Waals surface area contributed by atoms with Crippen molar-refractivity contribution in [1.82, 2.24) is 15.2 Å². The monoisotopic (exact) mass is 301 g/mol. The first-order valence-corrected chi connectivity index (χ1v) is 7.77. The van der Waals surface area contributed by atoms with E-state index in [-0.39, 0.29) is 17.9 Å². The zero-order valence-electron chi connectivity index (χ0n) is 13.2. The average Bonchev–Trinajstić information content (AvgIpc) is 2.53. The molecule has 2 heterocycles. The van der Waals surface area contributed by atoms with Gasteiger partial charge in [-0.1, -0.05) is 0 Å². The van der Waals surface area contributed by atoms with Gasteiger partial charge < -0.3 is 10.2 Å². The van der Waals surface area contributed by atoms with Crippen LogP contribution in [0.15, 0.2) is 30.6 Å². The van der Waals surface area contributed by atoms with Gasteiger partial charge in [0.1, 0.15) is 6.04 Å². The summed E-state index contributed by atoms with van der Waals surface area (Å²) in [6.07, 6.45) is 9.73. The number of rotatable bonds is 4. The largest absolute Gasteiger partial charge is 0.341 e. The molecule has 5 heteroatoms. The van der Waals surface area contributed by atoms with Gasteiger partial charge in [0, 0.05) is 31.1 Å². The zero-order valence-corrected chi connectivity index (χ0v) is 13.2. The van der Waals surface area contributed by atoms with Gasteiger partial charge in [0.2, 0.25) is 11.8 Å². The molecule has 0 spiro atoms. The third kappa shape index (κ3) is 4.41. The van der Waals surface area contributed by atoms with Crippen LogP contribution in [0.1, 0.15) is 38.7 Å². The fourth-order valence-electron chi connectivity index (χ4n) is 2.64. The minimum atomic E-state index is -0.504. The van der Waals surface area contributed by atoms with Crippen molar-refractivity contribution in [2.45, 2.75) is 45.2 Å². The van der Waals surface area contributed by atoms with Gasteiger partial charge in [0.25, 0.3) is 0 Å². The highest BCUT2D eigenvalue weighted by atomic mass is 16.2. The van der Waals surface area contributed by atoms with Gasteiger partial charge in [0.05, 0.1) is 0 Å². The maximum absolute atomic E-state index is 12.4. The average molecular weight is 301 g/mol. The number of piperidine rings is 1. The molecule has 1 saturated heterocycles. The molecule has 0 radical (unpaired) electrons. The van der Waals surface area contributed by atoms with Crippen LogP contribution in [0.25, 0.3) is 6.08 Å². The highest BCUT2D eigenvalue weighted by Gasteiger charge is 2.27. The molecule has 1 N–H and O–H groups in total. The van der Waals surface area contributed by atoms with Crippen LogP contribution >= 0.6 is 0 Å². The van der Waals surface area contributed by atoms with Crippen LogP contribution in [-0.2, 0) is 9.59 Å². The summed E-state index contributed by atoms with van der Waals surface area (Å²) in [6.45, 7) is 4.59. The van der Waals surface area contributed by atoms with Crippen LogP contribution in [-0.4, -0.2) is 40.3 Å². The van der Waals surface area contributed by atoms with Gasteiger partial charge in [-0.15, -0.1) is 0 Å². The second-order valence-corrected chi connectivity index (χ2v) is 5.72. The minimum absolute atomic E-state index is 0.00198. The molecular formula is C17H23N3O2. The Kier molecular flexibility index (Phi) is 5.69. The maximum Gasteiger partial charge on any atom is 0.245 e. The number of carbonyl (C=O) groups excluding carboxylic acids is 2. The quantitative estimate of drug-likeness (QED) is 0.865. The summed E-state index contributed by atoms with van der Waals surface area (Å²) in [7, 11) is 0. The molecule has 1 aromatic heterocycles. The topological polar surface area (TPSA) is 62.3 Å². The molecule has 1 aromatic rings. The van der Waals surface area contributed by atoms with Crippen molar-refractivity contribution in [3.8, 4) is 0 Å². The summed E-state index contributed by atoms with van der Waals surface area (Å²) >= 11 is 0. The number of aromatic nitrogens is 1. The molecule has 0 saturated carbocycles. The molecule has 0 aromatic carbocycles. The number of nitrogens with zero attached hydrogens (tertiary/aromatic N) is 2. The third-order valence-corrected chi connectivity index (χ3v) is 3.95. The minimum Gasteiger partial charge on any atom is -0.341 e. The normalized spacial score (nSPS) is 19.9. The summed E-state index contributed by atoms with van der Waals surface area (Å²) in [5.74, 6) is -0.264. The standard InChI is InChI=1S/C17H23N3O2/c1-13-5-3-4-12-20(13)17(22)14(2)19-16(21)7-6-15-8-10-18-11-9-15/h6-11,13-14H,3-5,12H2,1-2H3,(H,19,21)/b7-6+/t13-,14+/m0/s1. The van der Waals surface area contributed by atoms with E-state index in [1.807, 2.05) is 17.0 Å². The second-order valence-electron chi connectivity index (χ2n) is 5.72. The maximum atomic E-state index is 12.4. The number of likely N-dealkylation sites (tertiary alicyclic amines) is 1. The Morgan fingerprint density at radius 1 is 1.36 bits per heavy atom. The van der Waals surface area contributed by atoms with E-state index in [9.17, 15) is 9.59 Å². The summed E-state index contributed by atoms with van der Waals surface area (Å²) in [4.78, 5) is 30.1. The molecule has 0 bridgehead atoms. The van der Waals surface area contributed by atoms with Crippen molar-refractivity contribution in [1.29, 1.82) is 0 Å². The molecule has 5 nitrogen and oxygen atoms in total. The molecule has 2 rings (SSSR count). The predicted octanol–water partition coefficient (Wildman–Crippen LogP) is 2.00. The van der Waals surface area contributed by atoms with E-state index in [1.165, 1.54) is 12.5 Å². The van der Waals surface area contributed by atoms with Crippen LogP contribution in [0, 0.1) is 0 Å². The summed E-state index contributed by atoms with van der Waals surface area (Å²) in [5, 5.41) is 2.74. The lowest BCUT2D eigenvalue weighted by atomic mass is 10.0. The van der Waals surface area contributed by atoms with Gasteiger partial charge in [0.15, 0.2) is 0 Å². The second kappa shape index (κ2) is 7.73. The van der Waals surface area contributed by atoms with Crippen molar-refractivity contribution in [2.75, 3.05) is 6.54 Å². The highest BCUT2D eigenvalue weighted by molar-refractivity contribution is 5.95. The fourth-order valence-corrected chi connectivity index (χ4v) is 2.64. The molecule has 1 aliphatic rings. The van der Waals surface area contributed by atoms with Crippen molar-refractivity contribution in [2.24, 2.45) is 0 Å². The highest BCUT2D eigenvalue weighted by Crippen LogP contribution is 2.17. The van der Waals surface area contributed by atoms with E-state index in [0.717, 1.165) is 24.9 Å². The molecular weight excluding hydrogens is 278 g/mol. The third-order valence-electron chi connectivity index (χ3n) is 3.95. The van der Waals surface area contributed by atoms with E-state index in [2.05, 4.69) is 17.2 Å². The first kappa shape index (κ1) is 16.2. The van der Waals surface area contributed by atoms with Gasteiger partial charge in [-0.2, -0.15) is 0 Å². The first-order chi connectivity index (χ1) is 10.6. The smallest absolute Gasteiger partial charge is 0.245 e. The fraction of sp³-hybridized carbons (Fsp3) is 0.471. The van der Waals surface area contributed by atoms with Crippen molar-refractivity contribution in [3.63, 3.8) is 0 Å². The molecule has 2 amide bonds. The Balaban J connectivity index is 1.88. The molecule has 0 unspecified atom stereocenters. The van der Waals surface area contributed by atoms with Gasteiger partial charge in [-0.3, -0.25) is 14.6 Å². The lowest BCUT2D eigenvalue weighted by Gasteiger charge is -2.35. The molecule has 1 fully saturated rings. The van der Waals surface area contributed by atoms with E-state index in [4.69, 9.17) is 0 Å². The van der Waals surface area contributed by atoms with E-state index >= 15 is 0 Å². The number of pyridine rings is 1. The Bertz CT molecular complexity index is 542. The van der Waals surface area contributed by atoms with Gasteiger partial charge in [-0.25, -0.2) is 0 Å². The number of hydrogen-bond acceptors (Lipinski definition) is 3. The zero-order chi connectivity index (χ0) is 15.9. The predicted molar refractivity (Wildman–Crippen MR) is 85.9 cm³/mol. The first-order valence-electron chi connectivity index (χ1n) is 7.77. The summed E-state index contributed by atoms with van der Waals surface area (Å²) in [5.41, 5.74) is 0.897. The van der Waals surface area contributed by atoms with Crippen LogP contribution in [0.2, 0.25) is 0 Å².